The number of likely N-dealkylation sites (N-methyl/N-ethyl adjacent to an activating group) is 1. The Morgan fingerprint density at radius 2 is 1.85 bits per heavy atom. The predicted octanol–water partition coefficient (Wildman–Crippen LogP) is 2.46. The van der Waals surface area contributed by atoms with E-state index in [0.29, 0.717) is 6.42 Å². The summed E-state index contributed by atoms with van der Waals surface area (Å²) in [6.45, 7) is 4.01. The molecular weight excluding hydrogens is 357 g/mol. The molecule has 1 aromatic rings. The van der Waals surface area contributed by atoms with Crippen LogP contribution in [0.5, 0.6) is 0 Å². The van der Waals surface area contributed by atoms with E-state index in [9.17, 15) is 14.2 Å². The SMILES string of the molecule is CNC(=O)[C@H](CC(C)C)NP(=O)(CNC(=O)OCc1ccccc1)OC. The van der Waals surface area contributed by atoms with Gasteiger partial charge in [-0.05, 0) is 17.9 Å². The third-order valence-corrected chi connectivity index (χ3v) is 5.43. The first-order valence-corrected chi connectivity index (χ1v) is 10.2. The van der Waals surface area contributed by atoms with Crippen molar-refractivity contribution in [3.63, 3.8) is 0 Å². The zero-order valence-electron chi connectivity index (χ0n) is 15.7. The highest BCUT2D eigenvalue weighted by atomic mass is 31.2. The number of benzene rings is 1. The van der Waals surface area contributed by atoms with Crippen LogP contribution in [0.4, 0.5) is 4.79 Å². The molecule has 3 N–H and O–H groups in total. The minimum absolute atomic E-state index is 0.103. The molecule has 0 saturated heterocycles. The highest BCUT2D eigenvalue weighted by molar-refractivity contribution is 7.56. The summed E-state index contributed by atoms with van der Waals surface area (Å²) in [5, 5.41) is 7.69. The molecule has 0 radical (unpaired) electrons. The standard InChI is InChI=1S/C17H28N3O5P/c1-13(2)10-15(16(21)18-3)20-26(23,24-4)12-19-17(22)25-11-14-8-6-5-7-9-14/h5-9,13,15H,10-12H2,1-4H3,(H,18,21)(H,19,22)(H,20,23)/t15-,26?/m0/s1. The van der Waals surface area contributed by atoms with E-state index >= 15 is 0 Å². The third kappa shape index (κ3) is 7.99. The number of ether oxygens (including phenoxy) is 1. The summed E-state index contributed by atoms with van der Waals surface area (Å²) >= 11 is 0. The van der Waals surface area contributed by atoms with Crippen LogP contribution >= 0.6 is 7.52 Å². The Bertz CT molecular complexity index is 624. The number of amides is 2. The van der Waals surface area contributed by atoms with Crippen molar-refractivity contribution in [1.82, 2.24) is 15.7 Å². The van der Waals surface area contributed by atoms with Crippen LogP contribution in [0.3, 0.4) is 0 Å². The van der Waals surface area contributed by atoms with Crippen LogP contribution in [0.1, 0.15) is 25.8 Å². The number of carbonyl (C=O) groups is 2. The highest BCUT2D eigenvalue weighted by Gasteiger charge is 2.30. The Kier molecular flexibility index (Phi) is 9.34. The summed E-state index contributed by atoms with van der Waals surface area (Å²) in [6.07, 6.45) is -0.526. The minimum atomic E-state index is -3.45. The zero-order valence-corrected chi connectivity index (χ0v) is 16.5. The first kappa shape index (κ1) is 22.2. The topological polar surface area (TPSA) is 106 Å². The van der Waals surface area contributed by atoms with Crippen molar-refractivity contribution in [2.75, 3.05) is 20.4 Å². The summed E-state index contributed by atoms with van der Waals surface area (Å²) in [7, 11) is -0.679. The van der Waals surface area contributed by atoms with E-state index in [0.717, 1.165) is 5.56 Å². The van der Waals surface area contributed by atoms with Crippen LogP contribution < -0.4 is 15.7 Å². The maximum atomic E-state index is 12.8. The fourth-order valence-corrected chi connectivity index (χ4v) is 3.57. The molecular formula is C17H28N3O5P. The second-order valence-corrected chi connectivity index (χ2v) is 8.46. The van der Waals surface area contributed by atoms with Crippen molar-refractivity contribution in [3.8, 4) is 0 Å². The van der Waals surface area contributed by atoms with Gasteiger partial charge >= 0.3 is 6.09 Å². The predicted molar refractivity (Wildman–Crippen MR) is 99.7 cm³/mol. The Morgan fingerprint density at radius 1 is 1.19 bits per heavy atom. The van der Waals surface area contributed by atoms with Crippen molar-refractivity contribution in [2.24, 2.45) is 5.92 Å². The van der Waals surface area contributed by atoms with E-state index in [1.807, 2.05) is 44.2 Å². The van der Waals surface area contributed by atoms with Crippen molar-refractivity contribution in [3.05, 3.63) is 35.9 Å². The largest absolute Gasteiger partial charge is 0.445 e. The fraction of sp³-hybridized carbons (Fsp3) is 0.529. The molecule has 0 aliphatic rings. The van der Waals surface area contributed by atoms with Crippen molar-refractivity contribution < 1.29 is 23.4 Å². The van der Waals surface area contributed by atoms with Crippen molar-refractivity contribution in [1.29, 1.82) is 0 Å². The summed E-state index contributed by atoms with van der Waals surface area (Å²) in [6, 6.07) is 8.52. The maximum absolute atomic E-state index is 12.8. The maximum Gasteiger partial charge on any atom is 0.407 e. The first-order chi connectivity index (χ1) is 12.3. The van der Waals surface area contributed by atoms with Crippen LogP contribution in [0.25, 0.3) is 0 Å². The zero-order chi connectivity index (χ0) is 19.6. The number of nitrogens with one attached hydrogen (secondary N) is 3. The van der Waals surface area contributed by atoms with Crippen molar-refractivity contribution >= 4 is 19.5 Å². The van der Waals surface area contributed by atoms with E-state index < -0.39 is 19.7 Å². The summed E-state index contributed by atoms with van der Waals surface area (Å²) in [5.41, 5.74) is 0.840. The number of hydrogen-bond acceptors (Lipinski definition) is 5. The molecule has 0 bridgehead atoms. The molecule has 0 aromatic heterocycles. The molecule has 1 aromatic carbocycles. The van der Waals surface area contributed by atoms with Gasteiger partial charge in [-0.15, -0.1) is 0 Å². The first-order valence-electron chi connectivity index (χ1n) is 8.38. The molecule has 0 aliphatic heterocycles. The monoisotopic (exact) mass is 385 g/mol. The fourth-order valence-electron chi connectivity index (χ4n) is 2.21. The van der Waals surface area contributed by atoms with Crippen molar-refractivity contribution in [2.45, 2.75) is 32.9 Å². The van der Waals surface area contributed by atoms with Crippen LogP contribution in [0, 0.1) is 5.92 Å². The van der Waals surface area contributed by atoms with Gasteiger partial charge in [0.05, 0.1) is 6.04 Å². The minimum Gasteiger partial charge on any atom is -0.445 e. The van der Waals surface area contributed by atoms with E-state index in [1.165, 1.54) is 14.2 Å². The molecule has 2 atom stereocenters. The molecule has 9 heteroatoms. The number of rotatable bonds is 10. The molecule has 1 rings (SSSR count). The lowest BCUT2D eigenvalue weighted by Crippen LogP contribution is -2.43. The Hall–Kier alpha value is -1.89. The van der Waals surface area contributed by atoms with Gasteiger partial charge in [0.1, 0.15) is 12.9 Å². The van der Waals surface area contributed by atoms with Crippen LogP contribution in [0.15, 0.2) is 30.3 Å². The number of hydrogen-bond donors (Lipinski definition) is 3. The number of carbonyl (C=O) groups excluding carboxylic acids is 2. The molecule has 0 fully saturated rings. The van der Waals surface area contributed by atoms with Gasteiger partial charge in [0.15, 0.2) is 0 Å². The smallest absolute Gasteiger partial charge is 0.407 e. The number of alkyl carbamates (subject to hydrolysis) is 1. The van der Waals surface area contributed by atoms with Gasteiger partial charge in [-0.25, -0.2) is 9.88 Å². The van der Waals surface area contributed by atoms with Gasteiger partial charge in [0.25, 0.3) is 7.52 Å². The Balaban J connectivity index is 2.57. The van der Waals surface area contributed by atoms with E-state index in [-0.39, 0.29) is 24.7 Å². The van der Waals surface area contributed by atoms with Gasteiger partial charge in [0.2, 0.25) is 5.91 Å². The van der Waals surface area contributed by atoms with E-state index in [1.54, 1.807) is 0 Å². The Labute approximate surface area is 154 Å². The molecule has 146 valence electrons. The second-order valence-electron chi connectivity index (χ2n) is 6.18. The van der Waals surface area contributed by atoms with E-state index in [4.69, 9.17) is 9.26 Å². The molecule has 0 heterocycles. The molecule has 0 saturated carbocycles. The Morgan fingerprint density at radius 3 is 2.38 bits per heavy atom. The normalized spacial score (nSPS) is 14.3. The highest BCUT2D eigenvalue weighted by Crippen LogP contribution is 2.41. The van der Waals surface area contributed by atoms with Crippen LogP contribution in [0.2, 0.25) is 0 Å². The quantitative estimate of drug-likeness (QED) is 0.534. The molecule has 0 aliphatic carbocycles. The lowest BCUT2D eigenvalue weighted by Gasteiger charge is -2.25. The lowest BCUT2D eigenvalue weighted by atomic mass is 10.0. The molecule has 2 amide bonds. The average Bonchev–Trinajstić information content (AvgIpc) is 2.64. The summed E-state index contributed by atoms with van der Waals surface area (Å²) in [5.74, 6) is -0.0819. The van der Waals surface area contributed by atoms with Gasteiger partial charge in [-0.1, -0.05) is 44.2 Å². The van der Waals surface area contributed by atoms with Gasteiger partial charge in [-0.3, -0.25) is 9.36 Å². The van der Waals surface area contributed by atoms with Gasteiger partial charge in [-0.2, -0.15) is 0 Å². The van der Waals surface area contributed by atoms with Crippen LogP contribution in [-0.2, 0) is 25.2 Å². The van der Waals surface area contributed by atoms with E-state index in [2.05, 4.69) is 15.7 Å². The third-order valence-electron chi connectivity index (χ3n) is 3.56. The molecule has 0 spiro atoms. The molecule has 26 heavy (non-hydrogen) atoms. The van der Waals surface area contributed by atoms with Crippen LogP contribution in [-0.4, -0.2) is 38.5 Å². The molecule has 1 unspecified atom stereocenters. The second kappa shape index (κ2) is 11.0. The molecule has 8 nitrogen and oxygen atoms in total. The lowest BCUT2D eigenvalue weighted by molar-refractivity contribution is -0.122. The van der Waals surface area contributed by atoms with Gasteiger partial charge in [0, 0.05) is 14.2 Å². The summed E-state index contributed by atoms with van der Waals surface area (Å²) < 4.78 is 22.9. The van der Waals surface area contributed by atoms with Gasteiger partial charge < -0.3 is 19.9 Å². The average molecular weight is 385 g/mol. The summed E-state index contributed by atoms with van der Waals surface area (Å²) in [4.78, 5) is 23.8.